The molecule has 1 aliphatic rings. The number of carbonyl (C=O) groups is 1. The molecule has 1 aromatic carbocycles. The third kappa shape index (κ3) is 2.95. The van der Waals surface area contributed by atoms with Crippen molar-refractivity contribution in [1.29, 1.82) is 0 Å². The molecule has 0 aliphatic heterocycles. The number of hydrogen-bond donors (Lipinski definition) is 1. The first-order chi connectivity index (χ1) is 12.1. The van der Waals surface area contributed by atoms with Crippen LogP contribution in [0.3, 0.4) is 0 Å². The summed E-state index contributed by atoms with van der Waals surface area (Å²) in [6, 6.07) is 7.39. The fourth-order valence-corrected chi connectivity index (χ4v) is 3.10. The van der Waals surface area contributed by atoms with Crippen molar-refractivity contribution < 1.29 is 13.6 Å². The Bertz CT molecular complexity index is 866. The summed E-state index contributed by atoms with van der Waals surface area (Å²) in [5, 5.41) is 0. The first kappa shape index (κ1) is 15.6. The summed E-state index contributed by atoms with van der Waals surface area (Å²) in [4.78, 5) is 22.1. The van der Waals surface area contributed by atoms with Crippen LogP contribution in [0, 0.1) is 5.82 Å². The van der Waals surface area contributed by atoms with Gasteiger partial charge in [-0.05, 0) is 36.6 Å². The van der Waals surface area contributed by atoms with Crippen molar-refractivity contribution in [3.63, 3.8) is 0 Å². The molecule has 128 valence electrons. The maximum atomic E-state index is 13.3. The van der Waals surface area contributed by atoms with Crippen LogP contribution in [0.15, 0.2) is 53.4 Å². The predicted octanol–water partition coefficient (Wildman–Crippen LogP) is 3.88. The van der Waals surface area contributed by atoms with E-state index in [1.54, 1.807) is 48.8 Å². The van der Waals surface area contributed by atoms with Gasteiger partial charge < -0.3 is 14.3 Å². The molecule has 4 rings (SSSR count). The zero-order valence-corrected chi connectivity index (χ0v) is 13.8. The third-order valence-electron chi connectivity index (χ3n) is 4.55. The van der Waals surface area contributed by atoms with Crippen molar-refractivity contribution in [2.24, 2.45) is 0 Å². The molecule has 1 aliphatic carbocycles. The maximum absolute atomic E-state index is 13.3. The van der Waals surface area contributed by atoms with E-state index in [2.05, 4.69) is 9.97 Å². The van der Waals surface area contributed by atoms with Crippen molar-refractivity contribution in [3.8, 4) is 0 Å². The second kappa shape index (κ2) is 6.20. The average molecular weight is 339 g/mol. The lowest BCUT2D eigenvalue weighted by Gasteiger charge is -2.27. The Balaban J connectivity index is 1.70. The first-order valence-electron chi connectivity index (χ1n) is 8.24. The lowest BCUT2D eigenvalue weighted by Crippen LogP contribution is -2.33. The molecule has 0 spiro atoms. The van der Waals surface area contributed by atoms with Gasteiger partial charge in [0.2, 0.25) is 0 Å². The van der Waals surface area contributed by atoms with Gasteiger partial charge in [-0.2, -0.15) is 0 Å². The van der Waals surface area contributed by atoms with Crippen LogP contribution in [-0.2, 0) is 0 Å². The third-order valence-corrected chi connectivity index (χ3v) is 4.55. The van der Waals surface area contributed by atoms with E-state index < -0.39 is 6.04 Å². The zero-order chi connectivity index (χ0) is 17.4. The quantitative estimate of drug-likeness (QED) is 0.767. The van der Waals surface area contributed by atoms with Crippen molar-refractivity contribution in [1.82, 2.24) is 14.9 Å². The molecule has 3 aromatic rings. The molecule has 0 saturated heterocycles. The Hall–Kier alpha value is -2.89. The van der Waals surface area contributed by atoms with Crippen LogP contribution in [-0.4, -0.2) is 27.8 Å². The summed E-state index contributed by atoms with van der Waals surface area (Å²) in [6.45, 7) is 0. The Labute approximate surface area is 144 Å². The number of hydrogen-bond acceptors (Lipinski definition) is 3. The topological polar surface area (TPSA) is 62.1 Å². The minimum Gasteiger partial charge on any atom is -0.468 e. The largest absolute Gasteiger partial charge is 0.468 e. The fourth-order valence-electron chi connectivity index (χ4n) is 3.10. The molecular weight excluding hydrogens is 321 g/mol. The highest BCUT2D eigenvalue weighted by Crippen LogP contribution is 2.42. The fraction of sp³-hybridized carbons (Fsp3) is 0.263. The minimum absolute atomic E-state index is 0.138. The normalized spacial score (nSPS) is 15.1. The number of nitrogens with zero attached hydrogens (tertiary/aromatic N) is 2. The van der Waals surface area contributed by atoms with Crippen molar-refractivity contribution in [3.05, 3.63) is 77.5 Å². The molecule has 5 nitrogen and oxygen atoms in total. The highest BCUT2D eigenvalue weighted by atomic mass is 19.1. The Kier molecular flexibility index (Phi) is 3.87. The van der Waals surface area contributed by atoms with E-state index in [4.69, 9.17) is 4.42 Å². The predicted molar refractivity (Wildman–Crippen MR) is 89.6 cm³/mol. The number of benzene rings is 1. The van der Waals surface area contributed by atoms with Gasteiger partial charge in [0.1, 0.15) is 23.4 Å². The average Bonchev–Trinajstić information content (AvgIpc) is 3.11. The molecule has 6 heteroatoms. The number of aromatic nitrogens is 2. The Morgan fingerprint density at radius 3 is 2.72 bits per heavy atom. The van der Waals surface area contributed by atoms with Crippen LogP contribution in [0.2, 0.25) is 0 Å². The minimum atomic E-state index is -0.440. The lowest BCUT2D eigenvalue weighted by molar-refractivity contribution is 0.0748. The second-order valence-electron chi connectivity index (χ2n) is 6.32. The van der Waals surface area contributed by atoms with Crippen LogP contribution in [0.1, 0.15) is 52.3 Å². The number of halogens is 1. The Morgan fingerprint density at radius 2 is 2.08 bits per heavy atom. The summed E-state index contributed by atoms with van der Waals surface area (Å²) in [5.41, 5.74) is 1.37. The van der Waals surface area contributed by atoms with Gasteiger partial charge in [-0.25, -0.2) is 9.37 Å². The summed E-state index contributed by atoms with van der Waals surface area (Å²) in [6.07, 6.45) is 7.01. The van der Waals surface area contributed by atoms with E-state index in [1.165, 1.54) is 12.1 Å². The molecule has 1 N–H and O–H groups in total. The molecule has 1 amide bonds. The van der Waals surface area contributed by atoms with Gasteiger partial charge in [-0.3, -0.25) is 4.79 Å². The number of aromatic amines is 1. The molecule has 2 heterocycles. The highest BCUT2D eigenvalue weighted by molar-refractivity contribution is 5.95. The number of nitrogens with one attached hydrogen (secondary N) is 1. The zero-order valence-electron chi connectivity index (χ0n) is 13.8. The van der Waals surface area contributed by atoms with E-state index in [1.807, 2.05) is 0 Å². The highest BCUT2D eigenvalue weighted by Gasteiger charge is 2.34. The van der Waals surface area contributed by atoms with E-state index in [-0.39, 0.29) is 11.7 Å². The second-order valence-corrected chi connectivity index (χ2v) is 6.32. The number of rotatable bonds is 5. The van der Waals surface area contributed by atoms with E-state index in [0.717, 1.165) is 24.2 Å². The van der Waals surface area contributed by atoms with Gasteiger partial charge >= 0.3 is 0 Å². The van der Waals surface area contributed by atoms with E-state index in [0.29, 0.717) is 17.3 Å². The maximum Gasteiger partial charge on any atom is 0.258 e. The van der Waals surface area contributed by atoms with Crippen LogP contribution in [0.25, 0.3) is 0 Å². The number of carbonyl (C=O) groups excluding carboxylic acids is 1. The van der Waals surface area contributed by atoms with Gasteiger partial charge in [-0.1, -0.05) is 12.1 Å². The molecular formula is C19H18FN3O2. The van der Waals surface area contributed by atoms with Crippen molar-refractivity contribution in [2.45, 2.75) is 24.8 Å². The van der Waals surface area contributed by atoms with Crippen molar-refractivity contribution >= 4 is 5.91 Å². The molecule has 2 aromatic heterocycles. The number of amides is 1. The van der Waals surface area contributed by atoms with Crippen LogP contribution < -0.4 is 0 Å². The monoisotopic (exact) mass is 339 g/mol. The number of H-pyrrole nitrogens is 1. The molecule has 1 atom stereocenters. The van der Waals surface area contributed by atoms with Gasteiger partial charge in [-0.15, -0.1) is 0 Å². The van der Waals surface area contributed by atoms with E-state index in [9.17, 15) is 9.18 Å². The molecule has 1 unspecified atom stereocenters. The smallest absolute Gasteiger partial charge is 0.258 e. The van der Waals surface area contributed by atoms with Crippen molar-refractivity contribution in [2.75, 3.05) is 7.05 Å². The van der Waals surface area contributed by atoms with Crippen LogP contribution >= 0.6 is 0 Å². The molecule has 1 saturated carbocycles. The van der Waals surface area contributed by atoms with Crippen LogP contribution in [0.5, 0.6) is 0 Å². The summed E-state index contributed by atoms with van der Waals surface area (Å²) >= 11 is 0. The summed E-state index contributed by atoms with van der Waals surface area (Å²) in [7, 11) is 1.72. The Morgan fingerprint density at radius 1 is 1.32 bits per heavy atom. The number of furan rings is 1. The summed E-state index contributed by atoms with van der Waals surface area (Å²) < 4.78 is 18.8. The molecule has 1 fully saturated rings. The van der Waals surface area contributed by atoms with Gasteiger partial charge in [0.05, 0.1) is 11.8 Å². The summed E-state index contributed by atoms with van der Waals surface area (Å²) in [5.74, 6) is 1.27. The number of imidazole rings is 1. The first-order valence-corrected chi connectivity index (χ1v) is 8.24. The molecule has 0 bridgehead atoms. The van der Waals surface area contributed by atoms with E-state index >= 15 is 0 Å². The van der Waals surface area contributed by atoms with Gasteiger partial charge in [0.25, 0.3) is 5.91 Å². The van der Waals surface area contributed by atoms with Crippen LogP contribution in [0.4, 0.5) is 4.39 Å². The SMILES string of the molecule is CN(C(=O)c1ccoc1C1CC1)C(c1ccc(F)cc1)c1ncc[nH]1. The molecule has 25 heavy (non-hydrogen) atoms. The standard InChI is InChI=1S/C19H18FN3O2/c1-23(19(24)15-8-11-25-17(15)13-2-3-13)16(18-21-9-10-22-18)12-4-6-14(20)7-5-12/h4-11,13,16H,2-3H2,1H3,(H,21,22). The molecule has 0 radical (unpaired) electrons. The lowest BCUT2D eigenvalue weighted by atomic mass is 10.0. The van der Waals surface area contributed by atoms with Gasteiger partial charge in [0, 0.05) is 25.4 Å². The van der Waals surface area contributed by atoms with Gasteiger partial charge in [0.15, 0.2) is 0 Å².